The molecule has 0 fully saturated rings. The highest BCUT2D eigenvalue weighted by Crippen LogP contribution is 2.26. The molecule has 0 aliphatic heterocycles. The maximum Gasteiger partial charge on any atom is 0.259 e. The third-order valence-corrected chi connectivity index (χ3v) is 4.95. The number of nitrogens with one attached hydrogen (secondary N) is 1. The van der Waals surface area contributed by atoms with Crippen LogP contribution >= 0.6 is 0 Å². The maximum atomic E-state index is 13.0. The Morgan fingerprint density at radius 1 is 1.10 bits per heavy atom. The molecule has 5 aromatic rings. The Kier molecular flexibility index (Phi) is 4.44. The predicted molar refractivity (Wildman–Crippen MR) is 111 cm³/mol. The number of hydrogen-bond acceptors (Lipinski definition) is 6. The Labute approximate surface area is 171 Å². The molecule has 0 unspecified atom stereocenters. The summed E-state index contributed by atoms with van der Waals surface area (Å²) in [6.07, 6.45) is 2.46. The second-order valence-electron chi connectivity index (χ2n) is 6.92. The zero-order chi connectivity index (χ0) is 20.5. The fraction of sp³-hybridized carbons (Fsp3) is 0.136. The largest absolute Gasteiger partial charge is 0.352 e. The van der Waals surface area contributed by atoms with Crippen molar-refractivity contribution in [2.75, 3.05) is 6.54 Å². The lowest BCUT2D eigenvalue weighted by atomic mass is 10.1. The molecule has 1 aromatic carbocycles. The van der Waals surface area contributed by atoms with Gasteiger partial charge in [0.05, 0.1) is 22.3 Å². The summed E-state index contributed by atoms with van der Waals surface area (Å²) in [5, 5.41) is 15.9. The summed E-state index contributed by atoms with van der Waals surface area (Å²) in [5.74, 6) is 0.580. The summed E-state index contributed by atoms with van der Waals surface area (Å²) in [5.41, 5.74) is 3.81. The van der Waals surface area contributed by atoms with Crippen LogP contribution in [-0.4, -0.2) is 37.2 Å². The zero-order valence-corrected chi connectivity index (χ0v) is 16.2. The second kappa shape index (κ2) is 7.40. The molecule has 1 amide bonds. The predicted octanol–water partition coefficient (Wildman–Crippen LogP) is 3.21. The standard InChI is InChI=1S/C22H18N6O2/c1-14-20-16(13-17(24-22(20)30-27-14)15-7-3-2-4-8-15)21(29)23-11-10-19-26-25-18-9-5-6-12-28(18)19/h2-9,12-13H,10-11H2,1H3,(H,23,29). The number of rotatable bonds is 5. The molecule has 0 aliphatic rings. The first kappa shape index (κ1) is 18.0. The Bertz CT molecular complexity index is 1360. The average molecular weight is 398 g/mol. The van der Waals surface area contributed by atoms with E-state index in [1.165, 1.54) is 0 Å². The molecule has 5 rings (SSSR count). The topological polar surface area (TPSA) is 98.2 Å². The van der Waals surface area contributed by atoms with E-state index < -0.39 is 0 Å². The Morgan fingerprint density at radius 2 is 1.93 bits per heavy atom. The second-order valence-corrected chi connectivity index (χ2v) is 6.92. The fourth-order valence-corrected chi connectivity index (χ4v) is 3.48. The van der Waals surface area contributed by atoms with Crippen LogP contribution in [0.25, 0.3) is 28.0 Å². The molecule has 8 heteroatoms. The van der Waals surface area contributed by atoms with Crippen LogP contribution in [0.1, 0.15) is 21.9 Å². The molecule has 8 nitrogen and oxygen atoms in total. The van der Waals surface area contributed by atoms with Crippen molar-refractivity contribution >= 4 is 22.7 Å². The number of fused-ring (bicyclic) bond motifs is 2. The Hall–Kier alpha value is -4.07. The summed E-state index contributed by atoms with van der Waals surface area (Å²) in [7, 11) is 0. The van der Waals surface area contributed by atoms with Crippen molar-refractivity contribution in [3.8, 4) is 11.3 Å². The van der Waals surface area contributed by atoms with Gasteiger partial charge < -0.3 is 9.84 Å². The molecule has 0 aliphatic carbocycles. The van der Waals surface area contributed by atoms with Gasteiger partial charge in [-0.05, 0) is 25.1 Å². The minimum absolute atomic E-state index is 0.209. The average Bonchev–Trinajstić information content (AvgIpc) is 3.37. The van der Waals surface area contributed by atoms with Gasteiger partial charge in [0.1, 0.15) is 5.82 Å². The van der Waals surface area contributed by atoms with Crippen molar-refractivity contribution in [3.63, 3.8) is 0 Å². The lowest BCUT2D eigenvalue weighted by Gasteiger charge is -2.08. The first-order valence-electron chi connectivity index (χ1n) is 9.60. The van der Waals surface area contributed by atoms with Gasteiger partial charge in [0.25, 0.3) is 11.6 Å². The maximum absolute atomic E-state index is 13.0. The van der Waals surface area contributed by atoms with Gasteiger partial charge in [0, 0.05) is 24.7 Å². The van der Waals surface area contributed by atoms with Crippen molar-refractivity contribution in [3.05, 3.63) is 77.9 Å². The van der Waals surface area contributed by atoms with Crippen molar-refractivity contribution in [1.29, 1.82) is 0 Å². The van der Waals surface area contributed by atoms with Crippen LogP contribution < -0.4 is 5.32 Å². The van der Waals surface area contributed by atoms with E-state index in [0.717, 1.165) is 17.0 Å². The molecule has 4 aromatic heterocycles. The molecular weight excluding hydrogens is 380 g/mol. The molecule has 0 spiro atoms. The van der Waals surface area contributed by atoms with E-state index in [1.807, 2.05) is 59.1 Å². The molecule has 0 atom stereocenters. The third-order valence-electron chi connectivity index (χ3n) is 4.95. The van der Waals surface area contributed by atoms with E-state index in [1.54, 1.807) is 13.0 Å². The van der Waals surface area contributed by atoms with Crippen molar-refractivity contribution < 1.29 is 9.32 Å². The molecule has 0 saturated carbocycles. The van der Waals surface area contributed by atoms with Gasteiger partial charge in [0.15, 0.2) is 5.65 Å². The number of hydrogen-bond donors (Lipinski definition) is 1. The molecule has 0 saturated heterocycles. The van der Waals surface area contributed by atoms with E-state index in [2.05, 4.69) is 25.7 Å². The highest BCUT2D eigenvalue weighted by molar-refractivity contribution is 6.07. The van der Waals surface area contributed by atoms with Crippen LogP contribution in [0.15, 0.2) is 65.3 Å². The van der Waals surface area contributed by atoms with E-state index in [9.17, 15) is 4.79 Å². The van der Waals surface area contributed by atoms with Crippen LogP contribution in [0.5, 0.6) is 0 Å². The molecular formula is C22H18N6O2. The summed E-state index contributed by atoms with van der Waals surface area (Å²) in [4.78, 5) is 17.6. The number of benzene rings is 1. The van der Waals surface area contributed by atoms with E-state index in [4.69, 9.17) is 4.52 Å². The van der Waals surface area contributed by atoms with Gasteiger partial charge in [-0.3, -0.25) is 9.20 Å². The number of amides is 1. The summed E-state index contributed by atoms with van der Waals surface area (Å²) in [6.45, 7) is 2.22. The number of aryl methyl sites for hydroxylation is 1. The molecule has 148 valence electrons. The smallest absolute Gasteiger partial charge is 0.259 e. The first-order valence-corrected chi connectivity index (χ1v) is 9.60. The Balaban J connectivity index is 1.42. The Morgan fingerprint density at radius 3 is 2.80 bits per heavy atom. The lowest BCUT2D eigenvalue weighted by molar-refractivity contribution is 0.0955. The van der Waals surface area contributed by atoms with Gasteiger partial charge in [-0.25, -0.2) is 4.98 Å². The molecule has 30 heavy (non-hydrogen) atoms. The van der Waals surface area contributed by atoms with Gasteiger partial charge in [-0.1, -0.05) is 41.6 Å². The van der Waals surface area contributed by atoms with Gasteiger partial charge in [-0.15, -0.1) is 10.2 Å². The van der Waals surface area contributed by atoms with E-state index in [0.29, 0.717) is 41.0 Å². The monoisotopic (exact) mass is 398 g/mol. The number of aromatic nitrogens is 5. The minimum atomic E-state index is -0.209. The molecule has 4 heterocycles. The summed E-state index contributed by atoms with van der Waals surface area (Å²) < 4.78 is 7.26. The van der Waals surface area contributed by atoms with Crippen LogP contribution in [-0.2, 0) is 6.42 Å². The van der Waals surface area contributed by atoms with Crippen LogP contribution in [0.2, 0.25) is 0 Å². The fourth-order valence-electron chi connectivity index (χ4n) is 3.48. The normalized spacial score (nSPS) is 11.2. The first-order chi connectivity index (χ1) is 14.7. The number of nitrogens with zero attached hydrogens (tertiary/aromatic N) is 5. The van der Waals surface area contributed by atoms with E-state index in [-0.39, 0.29) is 5.91 Å². The molecule has 0 bridgehead atoms. The van der Waals surface area contributed by atoms with Crippen LogP contribution in [0.4, 0.5) is 0 Å². The van der Waals surface area contributed by atoms with Gasteiger partial charge >= 0.3 is 0 Å². The van der Waals surface area contributed by atoms with Gasteiger partial charge in [0.2, 0.25) is 0 Å². The summed E-state index contributed by atoms with van der Waals surface area (Å²) in [6, 6.07) is 17.2. The van der Waals surface area contributed by atoms with Crippen LogP contribution in [0.3, 0.4) is 0 Å². The number of carbonyl (C=O) groups is 1. The highest BCUT2D eigenvalue weighted by Gasteiger charge is 2.19. The molecule has 1 N–H and O–H groups in total. The van der Waals surface area contributed by atoms with Gasteiger partial charge in [-0.2, -0.15) is 0 Å². The number of carbonyl (C=O) groups excluding carboxylic acids is 1. The zero-order valence-electron chi connectivity index (χ0n) is 16.2. The van der Waals surface area contributed by atoms with Crippen molar-refractivity contribution in [2.45, 2.75) is 13.3 Å². The lowest BCUT2D eigenvalue weighted by Crippen LogP contribution is -2.26. The van der Waals surface area contributed by atoms with Crippen molar-refractivity contribution in [1.82, 2.24) is 30.1 Å². The van der Waals surface area contributed by atoms with E-state index >= 15 is 0 Å². The van der Waals surface area contributed by atoms with Crippen molar-refractivity contribution in [2.24, 2.45) is 0 Å². The summed E-state index contributed by atoms with van der Waals surface area (Å²) >= 11 is 0. The third kappa shape index (κ3) is 3.18. The SMILES string of the molecule is Cc1noc2nc(-c3ccccc3)cc(C(=O)NCCc3nnc4ccccn34)c12. The minimum Gasteiger partial charge on any atom is -0.352 e. The number of pyridine rings is 2. The quantitative estimate of drug-likeness (QED) is 0.488. The molecule has 0 radical (unpaired) electrons. The highest BCUT2D eigenvalue weighted by atomic mass is 16.5. The van der Waals surface area contributed by atoms with Crippen LogP contribution in [0, 0.1) is 6.92 Å².